The first-order valence-electron chi connectivity index (χ1n) is 7.14. The van der Waals surface area contributed by atoms with Gasteiger partial charge in [-0.1, -0.05) is 0 Å². The van der Waals surface area contributed by atoms with Crippen LogP contribution in [0.1, 0.15) is 10.5 Å². The Hall–Kier alpha value is -1.57. The summed E-state index contributed by atoms with van der Waals surface area (Å²) in [5, 5.41) is 0. The Labute approximate surface area is 123 Å². The van der Waals surface area contributed by atoms with E-state index < -0.39 is 5.60 Å². The molecule has 1 spiro atoms. The van der Waals surface area contributed by atoms with Gasteiger partial charge in [-0.05, 0) is 7.05 Å². The Balaban J connectivity index is 1.74. The molecule has 114 valence electrons. The predicted molar refractivity (Wildman–Crippen MR) is 74.9 cm³/mol. The smallest absolute Gasteiger partial charge is 0.274 e. The minimum atomic E-state index is -0.443. The van der Waals surface area contributed by atoms with Gasteiger partial charge in [0.05, 0.1) is 32.6 Å². The first-order valence-corrected chi connectivity index (χ1v) is 7.14. The number of likely N-dealkylation sites (N-methyl/N-ethyl adjacent to an activating group) is 1. The zero-order valence-electron chi connectivity index (χ0n) is 12.2. The van der Waals surface area contributed by atoms with Gasteiger partial charge < -0.3 is 19.3 Å². The molecule has 2 fully saturated rings. The van der Waals surface area contributed by atoms with Crippen LogP contribution in [0.25, 0.3) is 0 Å². The fourth-order valence-corrected chi connectivity index (χ4v) is 2.87. The van der Waals surface area contributed by atoms with E-state index in [-0.39, 0.29) is 5.91 Å². The van der Waals surface area contributed by atoms with Gasteiger partial charge in [-0.3, -0.25) is 9.78 Å². The molecule has 1 aromatic heterocycles. The first kappa shape index (κ1) is 14.4. The SMILES string of the molecule is CN1CCOCC2(C1)CN(C(=O)c1cnccn1)CCO2. The third kappa shape index (κ3) is 3.20. The molecule has 0 aliphatic carbocycles. The van der Waals surface area contributed by atoms with E-state index >= 15 is 0 Å². The zero-order valence-corrected chi connectivity index (χ0v) is 12.2. The molecule has 3 rings (SSSR count). The molecule has 0 N–H and O–H groups in total. The van der Waals surface area contributed by atoms with Crippen molar-refractivity contribution >= 4 is 5.91 Å². The number of aromatic nitrogens is 2. The Morgan fingerprint density at radius 2 is 2.19 bits per heavy atom. The van der Waals surface area contributed by atoms with Crippen LogP contribution in [-0.4, -0.2) is 84.3 Å². The van der Waals surface area contributed by atoms with Crippen LogP contribution >= 0.6 is 0 Å². The molecule has 2 aliphatic rings. The summed E-state index contributed by atoms with van der Waals surface area (Å²) in [7, 11) is 2.04. The van der Waals surface area contributed by atoms with Gasteiger partial charge in [-0.15, -0.1) is 0 Å². The van der Waals surface area contributed by atoms with Crippen molar-refractivity contribution in [3.63, 3.8) is 0 Å². The van der Waals surface area contributed by atoms with E-state index in [0.29, 0.717) is 38.6 Å². The van der Waals surface area contributed by atoms with Crippen LogP contribution < -0.4 is 0 Å². The van der Waals surface area contributed by atoms with Crippen molar-refractivity contribution in [1.82, 2.24) is 19.8 Å². The summed E-state index contributed by atoms with van der Waals surface area (Å²) in [5.41, 5.74) is -0.0705. The van der Waals surface area contributed by atoms with Crippen molar-refractivity contribution < 1.29 is 14.3 Å². The van der Waals surface area contributed by atoms with Crippen LogP contribution in [0.4, 0.5) is 0 Å². The van der Waals surface area contributed by atoms with Gasteiger partial charge in [0.2, 0.25) is 0 Å². The van der Waals surface area contributed by atoms with Crippen molar-refractivity contribution in [2.75, 3.05) is 53.0 Å². The summed E-state index contributed by atoms with van der Waals surface area (Å²) in [5.74, 6) is -0.0994. The lowest BCUT2D eigenvalue weighted by Crippen LogP contribution is -2.59. The van der Waals surface area contributed by atoms with E-state index in [1.165, 1.54) is 12.4 Å². The number of nitrogens with zero attached hydrogens (tertiary/aromatic N) is 4. The summed E-state index contributed by atoms with van der Waals surface area (Å²) < 4.78 is 11.6. The molecule has 3 heterocycles. The van der Waals surface area contributed by atoms with E-state index in [1.54, 1.807) is 11.1 Å². The molecule has 0 aromatic carbocycles. The van der Waals surface area contributed by atoms with Crippen molar-refractivity contribution in [3.8, 4) is 0 Å². The van der Waals surface area contributed by atoms with Crippen molar-refractivity contribution in [2.45, 2.75) is 5.60 Å². The van der Waals surface area contributed by atoms with Crippen LogP contribution in [0.3, 0.4) is 0 Å². The monoisotopic (exact) mass is 292 g/mol. The fraction of sp³-hybridized carbons (Fsp3) is 0.643. The van der Waals surface area contributed by atoms with E-state index in [9.17, 15) is 4.79 Å². The molecule has 21 heavy (non-hydrogen) atoms. The van der Waals surface area contributed by atoms with E-state index in [1.807, 2.05) is 7.05 Å². The number of carbonyl (C=O) groups excluding carboxylic acids is 1. The maximum Gasteiger partial charge on any atom is 0.274 e. The zero-order chi connectivity index (χ0) is 14.7. The van der Waals surface area contributed by atoms with E-state index in [0.717, 1.165) is 13.1 Å². The first-order chi connectivity index (χ1) is 10.2. The molecule has 1 amide bonds. The Morgan fingerprint density at radius 1 is 1.29 bits per heavy atom. The summed E-state index contributed by atoms with van der Waals surface area (Å²) in [6, 6.07) is 0. The number of morpholine rings is 1. The van der Waals surface area contributed by atoms with Gasteiger partial charge in [0.15, 0.2) is 0 Å². The quantitative estimate of drug-likeness (QED) is 0.705. The third-order valence-electron chi connectivity index (χ3n) is 3.86. The van der Waals surface area contributed by atoms with E-state index in [4.69, 9.17) is 9.47 Å². The fourth-order valence-electron chi connectivity index (χ4n) is 2.87. The van der Waals surface area contributed by atoms with Gasteiger partial charge in [0, 0.05) is 32.0 Å². The summed E-state index contributed by atoms with van der Waals surface area (Å²) in [6.07, 6.45) is 4.60. The summed E-state index contributed by atoms with van der Waals surface area (Å²) in [6.45, 7) is 4.46. The second-order valence-corrected chi connectivity index (χ2v) is 5.64. The normalized spacial score (nSPS) is 27.6. The van der Waals surface area contributed by atoms with Crippen molar-refractivity contribution in [1.29, 1.82) is 0 Å². The molecule has 0 radical (unpaired) electrons. The number of hydrogen-bond donors (Lipinski definition) is 0. The second-order valence-electron chi connectivity index (χ2n) is 5.64. The Morgan fingerprint density at radius 3 is 3.00 bits per heavy atom. The number of ether oxygens (including phenoxy) is 2. The largest absolute Gasteiger partial charge is 0.377 e. The predicted octanol–water partition coefficient (Wildman–Crippen LogP) is -0.350. The number of rotatable bonds is 1. The van der Waals surface area contributed by atoms with Crippen LogP contribution in [0, 0.1) is 0 Å². The van der Waals surface area contributed by atoms with E-state index in [2.05, 4.69) is 14.9 Å². The van der Waals surface area contributed by atoms with Gasteiger partial charge >= 0.3 is 0 Å². The minimum absolute atomic E-state index is 0.0994. The molecular formula is C14H20N4O3. The van der Waals surface area contributed by atoms with Crippen LogP contribution in [-0.2, 0) is 9.47 Å². The molecule has 1 unspecified atom stereocenters. The minimum Gasteiger partial charge on any atom is -0.377 e. The molecule has 1 aromatic rings. The highest BCUT2D eigenvalue weighted by Crippen LogP contribution is 2.22. The average Bonchev–Trinajstić information content (AvgIpc) is 2.69. The molecule has 0 saturated carbocycles. The Kier molecular flexibility index (Phi) is 4.14. The van der Waals surface area contributed by atoms with Crippen molar-refractivity contribution in [2.24, 2.45) is 0 Å². The van der Waals surface area contributed by atoms with Crippen LogP contribution in [0.15, 0.2) is 18.6 Å². The Bertz CT molecular complexity index is 498. The molecular weight excluding hydrogens is 272 g/mol. The van der Waals surface area contributed by atoms with Gasteiger partial charge in [0.1, 0.15) is 11.3 Å². The summed E-state index contributed by atoms with van der Waals surface area (Å²) >= 11 is 0. The standard InChI is InChI=1S/C14H20N4O3/c1-17-4-6-20-11-14(9-17)10-18(5-7-21-14)13(19)12-8-15-2-3-16-12/h2-3,8H,4-7,9-11H2,1H3. The number of carbonyl (C=O) groups is 1. The molecule has 1 atom stereocenters. The van der Waals surface area contributed by atoms with Gasteiger partial charge in [-0.2, -0.15) is 0 Å². The van der Waals surface area contributed by atoms with Crippen molar-refractivity contribution in [3.05, 3.63) is 24.3 Å². The average molecular weight is 292 g/mol. The molecule has 2 aliphatic heterocycles. The van der Waals surface area contributed by atoms with Gasteiger partial charge in [-0.25, -0.2) is 4.98 Å². The number of amides is 1. The highest BCUT2D eigenvalue weighted by atomic mass is 16.5. The van der Waals surface area contributed by atoms with Gasteiger partial charge in [0.25, 0.3) is 5.91 Å². The molecule has 7 nitrogen and oxygen atoms in total. The highest BCUT2D eigenvalue weighted by molar-refractivity contribution is 5.92. The third-order valence-corrected chi connectivity index (χ3v) is 3.86. The maximum absolute atomic E-state index is 12.5. The molecule has 7 heteroatoms. The number of hydrogen-bond acceptors (Lipinski definition) is 6. The topological polar surface area (TPSA) is 67.8 Å². The maximum atomic E-state index is 12.5. The lowest BCUT2D eigenvalue weighted by Gasteiger charge is -2.42. The van der Waals surface area contributed by atoms with Crippen LogP contribution in [0.2, 0.25) is 0 Å². The molecule has 2 saturated heterocycles. The highest BCUT2D eigenvalue weighted by Gasteiger charge is 2.41. The lowest BCUT2D eigenvalue weighted by molar-refractivity contribution is -0.132. The summed E-state index contributed by atoms with van der Waals surface area (Å²) in [4.78, 5) is 24.5. The van der Waals surface area contributed by atoms with Crippen LogP contribution in [0.5, 0.6) is 0 Å². The molecule has 0 bridgehead atoms. The lowest BCUT2D eigenvalue weighted by atomic mass is 10.0. The second kappa shape index (κ2) is 6.05.